The lowest BCUT2D eigenvalue weighted by molar-refractivity contribution is -0.142. The molecule has 17 heavy (non-hydrogen) atoms. The van der Waals surface area contributed by atoms with Crippen LogP contribution in [-0.4, -0.2) is 47.4 Å². The summed E-state index contributed by atoms with van der Waals surface area (Å²) in [5, 5.41) is 0. The van der Waals surface area contributed by atoms with Gasteiger partial charge in [-0.1, -0.05) is 0 Å². The van der Waals surface area contributed by atoms with Crippen LogP contribution < -0.4 is 11.5 Å². The predicted octanol–water partition coefficient (Wildman–Crippen LogP) is -0.0668. The van der Waals surface area contributed by atoms with E-state index in [1.807, 2.05) is 6.26 Å². The van der Waals surface area contributed by atoms with Crippen LogP contribution in [0.5, 0.6) is 0 Å². The maximum Gasteiger partial charge on any atom is 0.240 e. The van der Waals surface area contributed by atoms with Crippen molar-refractivity contribution < 1.29 is 9.59 Å². The van der Waals surface area contributed by atoms with Gasteiger partial charge < -0.3 is 16.4 Å². The summed E-state index contributed by atoms with van der Waals surface area (Å²) in [6, 6.07) is -0.973. The fraction of sp³-hybridized carbons (Fsp3) is 0.818. The summed E-state index contributed by atoms with van der Waals surface area (Å²) in [6.07, 6.45) is 5.14. The number of thioether (sulfide) groups is 1. The fourth-order valence-electron chi connectivity index (χ4n) is 2.07. The topological polar surface area (TPSA) is 89.4 Å². The van der Waals surface area contributed by atoms with Crippen LogP contribution in [0.2, 0.25) is 0 Å². The van der Waals surface area contributed by atoms with Crippen LogP contribution in [0.3, 0.4) is 0 Å². The molecule has 1 heterocycles. The molecule has 0 aliphatic carbocycles. The van der Waals surface area contributed by atoms with Gasteiger partial charge >= 0.3 is 0 Å². The highest BCUT2D eigenvalue weighted by Gasteiger charge is 2.32. The average Bonchev–Trinajstić information content (AvgIpc) is 2.34. The normalized spacial score (nSPS) is 22.2. The van der Waals surface area contributed by atoms with Crippen LogP contribution >= 0.6 is 11.8 Å². The van der Waals surface area contributed by atoms with E-state index in [1.165, 1.54) is 0 Å². The maximum atomic E-state index is 12.1. The number of primary amides is 1. The van der Waals surface area contributed by atoms with Gasteiger partial charge in [0.2, 0.25) is 11.8 Å². The zero-order valence-electron chi connectivity index (χ0n) is 10.2. The first-order valence-electron chi connectivity index (χ1n) is 5.92. The second kappa shape index (κ2) is 6.86. The Kier molecular flexibility index (Phi) is 5.77. The predicted molar refractivity (Wildman–Crippen MR) is 69.5 cm³/mol. The molecular weight excluding hydrogens is 238 g/mol. The van der Waals surface area contributed by atoms with Crippen molar-refractivity contribution in [3.63, 3.8) is 0 Å². The van der Waals surface area contributed by atoms with Crippen LogP contribution in [0.1, 0.15) is 25.7 Å². The Hall–Kier alpha value is -0.750. The lowest BCUT2D eigenvalue weighted by Gasteiger charge is -2.35. The van der Waals surface area contributed by atoms with Gasteiger partial charge in [0.25, 0.3) is 0 Å². The Morgan fingerprint density at radius 2 is 2.18 bits per heavy atom. The number of carbonyl (C=O) groups excluding carboxylic acids is 2. The van der Waals surface area contributed by atoms with E-state index in [9.17, 15) is 9.59 Å². The third-order valence-corrected chi connectivity index (χ3v) is 3.71. The number of carbonyl (C=O) groups is 2. The van der Waals surface area contributed by atoms with Crippen LogP contribution in [-0.2, 0) is 9.59 Å². The number of likely N-dealkylation sites (tertiary alicyclic amines) is 1. The first kappa shape index (κ1) is 14.3. The Balaban J connectivity index is 2.61. The summed E-state index contributed by atoms with van der Waals surface area (Å²) in [7, 11) is 0. The van der Waals surface area contributed by atoms with E-state index in [0.29, 0.717) is 19.4 Å². The third kappa shape index (κ3) is 3.89. The molecule has 2 amide bonds. The summed E-state index contributed by atoms with van der Waals surface area (Å²) in [4.78, 5) is 25.0. The largest absolute Gasteiger partial charge is 0.368 e. The van der Waals surface area contributed by atoms with E-state index in [2.05, 4.69) is 0 Å². The Bertz CT molecular complexity index is 286. The highest BCUT2D eigenvalue weighted by molar-refractivity contribution is 7.98. The summed E-state index contributed by atoms with van der Waals surface area (Å²) in [5.41, 5.74) is 11.2. The van der Waals surface area contributed by atoms with Crippen LogP contribution in [0.4, 0.5) is 0 Å². The van der Waals surface area contributed by atoms with Crippen LogP contribution in [0, 0.1) is 0 Å². The summed E-state index contributed by atoms with van der Waals surface area (Å²) >= 11 is 1.66. The molecular formula is C11H21N3O2S. The highest BCUT2D eigenvalue weighted by Crippen LogP contribution is 2.18. The SMILES string of the molecule is CSCC[C@H](N)C(=O)N1CCCCC1C(N)=O. The molecule has 0 radical (unpaired) electrons. The number of hydrogen-bond acceptors (Lipinski definition) is 4. The molecule has 0 bridgehead atoms. The van der Waals surface area contributed by atoms with Crippen LogP contribution in [0.25, 0.3) is 0 Å². The molecule has 98 valence electrons. The second-order valence-corrected chi connectivity index (χ2v) is 5.32. The molecule has 2 atom stereocenters. The molecule has 1 rings (SSSR count). The maximum absolute atomic E-state index is 12.1. The number of nitrogens with zero attached hydrogens (tertiary/aromatic N) is 1. The fourth-order valence-corrected chi connectivity index (χ4v) is 2.56. The molecule has 0 aromatic rings. The number of hydrogen-bond donors (Lipinski definition) is 2. The van der Waals surface area contributed by atoms with E-state index in [4.69, 9.17) is 11.5 Å². The van der Waals surface area contributed by atoms with Gasteiger partial charge in [-0.2, -0.15) is 11.8 Å². The highest BCUT2D eigenvalue weighted by atomic mass is 32.2. The van der Waals surface area contributed by atoms with E-state index in [-0.39, 0.29) is 5.91 Å². The van der Waals surface area contributed by atoms with Gasteiger partial charge in [-0.3, -0.25) is 9.59 Å². The van der Waals surface area contributed by atoms with Gasteiger partial charge in [-0.25, -0.2) is 0 Å². The minimum atomic E-state index is -0.512. The number of piperidine rings is 1. The van der Waals surface area contributed by atoms with Gasteiger partial charge in [0.15, 0.2) is 0 Å². The van der Waals surface area contributed by atoms with Gasteiger partial charge in [0.05, 0.1) is 6.04 Å². The van der Waals surface area contributed by atoms with Crippen molar-refractivity contribution in [2.24, 2.45) is 11.5 Å². The average molecular weight is 259 g/mol. The molecule has 6 heteroatoms. The van der Waals surface area contributed by atoms with Crippen LogP contribution in [0.15, 0.2) is 0 Å². The third-order valence-electron chi connectivity index (χ3n) is 3.06. The van der Waals surface area contributed by atoms with Crippen molar-refractivity contribution in [3.05, 3.63) is 0 Å². The molecule has 0 spiro atoms. The van der Waals surface area contributed by atoms with Gasteiger partial charge in [0, 0.05) is 6.54 Å². The molecule has 0 aromatic heterocycles. The zero-order valence-corrected chi connectivity index (χ0v) is 11.0. The van der Waals surface area contributed by atoms with Crippen molar-refractivity contribution in [1.29, 1.82) is 0 Å². The van der Waals surface area contributed by atoms with Crippen molar-refractivity contribution >= 4 is 23.6 Å². The first-order chi connectivity index (χ1) is 8.07. The molecule has 1 aliphatic rings. The van der Waals surface area contributed by atoms with Crippen molar-refractivity contribution in [2.75, 3.05) is 18.6 Å². The van der Waals surface area contributed by atoms with E-state index in [0.717, 1.165) is 18.6 Å². The Morgan fingerprint density at radius 1 is 1.47 bits per heavy atom. The Labute approximate surface area is 106 Å². The molecule has 0 aromatic carbocycles. The molecule has 1 aliphatic heterocycles. The molecule has 0 saturated carbocycles. The number of rotatable bonds is 5. The monoisotopic (exact) mass is 259 g/mol. The molecule has 1 unspecified atom stereocenters. The number of amides is 2. The second-order valence-electron chi connectivity index (χ2n) is 4.33. The van der Waals surface area contributed by atoms with E-state index in [1.54, 1.807) is 16.7 Å². The lowest BCUT2D eigenvalue weighted by Crippen LogP contribution is -2.55. The minimum Gasteiger partial charge on any atom is -0.368 e. The first-order valence-corrected chi connectivity index (χ1v) is 7.31. The molecule has 5 nitrogen and oxygen atoms in total. The lowest BCUT2D eigenvalue weighted by atomic mass is 10.00. The van der Waals surface area contributed by atoms with E-state index >= 15 is 0 Å². The quantitative estimate of drug-likeness (QED) is 0.723. The molecule has 1 fully saturated rings. The number of nitrogens with two attached hydrogens (primary N) is 2. The summed E-state index contributed by atoms with van der Waals surface area (Å²) in [5.74, 6) is 0.291. The zero-order chi connectivity index (χ0) is 12.8. The molecule has 1 saturated heterocycles. The van der Waals surface area contributed by atoms with Crippen molar-refractivity contribution in [3.8, 4) is 0 Å². The van der Waals surface area contributed by atoms with Gasteiger partial charge in [-0.05, 0) is 37.7 Å². The van der Waals surface area contributed by atoms with Gasteiger partial charge in [-0.15, -0.1) is 0 Å². The van der Waals surface area contributed by atoms with Crippen molar-refractivity contribution in [1.82, 2.24) is 4.90 Å². The van der Waals surface area contributed by atoms with E-state index < -0.39 is 18.0 Å². The molecule has 4 N–H and O–H groups in total. The standard InChI is InChI=1S/C11H21N3O2S/c1-17-7-5-8(12)11(16)14-6-3-2-4-9(14)10(13)15/h8-9H,2-7,12H2,1H3,(H2,13,15)/t8-,9?/m0/s1. The Morgan fingerprint density at radius 3 is 2.76 bits per heavy atom. The van der Waals surface area contributed by atoms with Gasteiger partial charge in [0.1, 0.15) is 6.04 Å². The summed E-state index contributed by atoms with van der Waals surface area (Å²) < 4.78 is 0. The minimum absolute atomic E-state index is 0.137. The summed E-state index contributed by atoms with van der Waals surface area (Å²) in [6.45, 7) is 0.597. The van der Waals surface area contributed by atoms with Crippen molar-refractivity contribution in [2.45, 2.75) is 37.8 Å². The smallest absolute Gasteiger partial charge is 0.240 e.